The number of hydrogen-bond donors (Lipinski definition) is 1. The van der Waals surface area contributed by atoms with E-state index in [4.69, 9.17) is 0 Å². The number of H-pyrrole nitrogens is 1. The first-order valence-corrected chi connectivity index (χ1v) is 8.86. The van der Waals surface area contributed by atoms with Crippen molar-refractivity contribution in [2.45, 2.75) is 25.7 Å². The van der Waals surface area contributed by atoms with Gasteiger partial charge in [-0.05, 0) is 31.9 Å². The number of nitrogens with zero attached hydrogens (tertiary/aromatic N) is 4. The normalized spacial score (nSPS) is 17.2. The van der Waals surface area contributed by atoms with Gasteiger partial charge >= 0.3 is 0 Å². The van der Waals surface area contributed by atoms with Crippen LogP contribution in [0.25, 0.3) is 5.65 Å². The molecule has 138 valence electrons. The van der Waals surface area contributed by atoms with Crippen LogP contribution in [0.1, 0.15) is 40.6 Å². The number of aromatic amines is 1. The van der Waals surface area contributed by atoms with Crippen molar-refractivity contribution in [3.05, 3.63) is 74.4 Å². The Morgan fingerprint density at radius 2 is 2.15 bits per heavy atom. The van der Waals surface area contributed by atoms with Crippen molar-refractivity contribution in [3.63, 3.8) is 0 Å². The lowest BCUT2D eigenvalue weighted by Crippen LogP contribution is -2.42. The van der Waals surface area contributed by atoms with Crippen LogP contribution in [-0.4, -0.2) is 43.2 Å². The molecule has 1 saturated heterocycles. The number of hydrogen-bond acceptors (Lipinski definition) is 5. The number of fused-ring (bicyclic) bond motifs is 1. The average molecular weight is 365 g/mol. The van der Waals surface area contributed by atoms with Gasteiger partial charge in [-0.1, -0.05) is 6.07 Å². The molecule has 1 aliphatic heterocycles. The molecule has 0 saturated carbocycles. The van der Waals surface area contributed by atoms with Crippen molar-refractivity contribution < 1.29 is 4.79 Å². The predicted octanol–water partition coefficient (Wildman–Crippen LogP) is 1.11. The van der Waals surface area contributed by atoms with E-state index in [1.54, 1.807) is 36.2 Å². The van der Waals surface area contributed by atoms with E-state index in [1.165, 1.54) is 16.7 Å². The minimum Gasteiger partial charge on any atom is -0.338 e. The highest BCUT2D eigenvalue weighted by molar-refractivity contribution is 5.93. The van der Waals surface area contributed by atoms with E-state index in [-0.39, 0.29) is 28.5 Å². The van der Waals surface area contributed by atoms with E-state index in [1.807, 2.05) is 0 Å². The smallest absolute Gasteiger partial charge is 0.270 e. The molecule has 1 N–H and O–H groups in total. The molecule has 1 atom stereocenters. The Bertz CT molecular complexity index is 1130. The monoisotopic (exact) mass is 365 g/mol. The Morgan fingerprint density at radius 1 is 1.30 bits per heavy atom. The van der Waals surface area contributed by atoms with Gasteiger partial charge in [0.1, 0.15) is 17.0 Å². The summed E-state index contributed by atoms with van der Waals surface area (Å²) in [6, 6.07) is 6.71. The molecule has 0 unspecified atom stereocenters. The number of aromatic nitrogens is 4. The van der Waals surface area contributed by atoms with E-state index < -0.39 is 0 Å². The van der Waals surface area contributed by atoms with E-state index in [9.17, 15) is 14.4 Å². The van der Waals surface area contributed by atoms with Crippen LogP contribution in [-0.2, 0) is 0 Å². The SMILES string of the molecule is Cc1nc([C@@H]2CCCN(C(=O)c3cnc4ccccn4c3=O)C2)cc(=O)[nH]1. The number of aryl methyl sites for hydroxylation is 1. The summed E-state index contributed by atoms with van der Waals surface area (Å²) in [5.74, 6) is 0.190. The van der Waals surface area contributed by atoms with Crippen molar-refractivity contribution in [2.75, 3.05) is 13.1 Å². The second-order valence-corrected chi connectivity index (χ2v) is 6.75. The minimum atomic E-state index is -0.377. The molecule has 3 aromatic heterocycles. The van der Waals surface area contributed by atoms with Gasteiger partial charge in [0.05, 0.1) is 5.69 Å². The van der Waals surface area contributed by atoms with Gasteiger partial charge in [-0.15, -0.1) is 0 Å². The summed E-state index contributed by atoms with van der Waals surface area (Å²) in [5.41, 5.74) is 0.658. The molecular weight excluding hydrogens is 346 g/mol. The molecular formula is C19H19N5O3. The number of carbonyl (C=O) groups is 1. The Labute approximate surface area is 154 Å². The first-order chi connectivity index (χ1) is 13.0. The second-order valence-electron chi connectivity index (χ2n) is 6.75. The van der Waals surface area contributed by atoms with Crippen molar-refractivity contribution in [1.82, 2.24) is 24.3 Å². The van der Waals surface area contributed by atoms with E-state index in [0.717, 1.165) is 12.8 Å². The fourth-order valence-electron chi connectivity index (χ4n) is 3.56. The molecule has 4 heterocycles. The zero-order chi connectivity index (χ0) is 19.0. The molecule has 3 aromatic rings. The van der Waals surface area contributed by atoms with Crippen LogP contribution >= 0.6 is 0 Å². The predicted molar refractivity (Wildman–Crippen MR) is 98.9 cm³/mol. The van der Waals surface area contributed by atoms with Gasteiger partial charge in [-0.25, -0.2) is 9.97 Å². The van der Waals surface area contributed by atoms with Crippen molar-refractivity contribution >= 4 is 11.6 Å². The molecule has 1 amide bonds. The zero-order valence-electron chi connectivity index (χ0n) is 14.9. The molecule has 0 bridgehead atoms. The highest BCUT2D eigenvalue weighted by atomic mass is 16.2. The Kier molecular flexibility index (Phi) is 4.31. The van der Waals surface area contributed by atoms with Crippen LogP contribution in [0.15, 0.2) is 46.2 Å². The van der Waals surface area contributed by atoms with Crippen LogP contribution in [0.5, 0.6) is 0 Å². The number of rotatable bonds is 2. The van der Waals surface area contributed by atoms with Gasteiger partial charge < -0.3 is 9.88 Å². The third kappa shape index (κ3) is 3.25. The molecule has 0 aromatic carbocycles. The molecule has 8 heteroatoms. The summed E-state index contributed by atoms with van der Waals surface area (Å²) < 4.78 is 1.37. The van der Waals surface area contributed by atoms with Crippen LogP contribution < -0.4 is 11.1 Å². The van der Waals surface area contributed by atoms with E-state index in [2.05, 4.69) is 15.0 Å². The highest BCUT2D eigenvalue weighted by Gasteiger charge is 2.28. The van der Waals surface area contributed by atoms with Crippen molar-refractivity contribution in [3.8, 4) is 0 Å². The van der Waals surface area contributed by atoms with Crippen LogP contribution in [0.3, 0.4) is 0 Å². The maximum absolute atomic E-state index is 13.0. The molecule has 0 radical (unpaired) electrons. The van der Waals surface area contributed by atoms with Crippen LogP contribution in [0, 0.1) is 6.92 Å². The lowest BCUT2D eigenvalue weighted by Gasteiger charge is -2.32. The van der Waals surface area contributed by atoms with Gasteiger partial charge in [-0.3, -0.25) is 18.8 Å². The lowest BCUT2D eigenvalue weighted by atomic mass is 9.94. The summed E-state index contributed by atoms with van der Waals surface area (Å²) in [6.45, 7) is 2.72. The van der Waals surface area contributed by atoms with Gasteiger partial charge in [0, 0.05) is 37.5 Å². The number of piperidine rings is 1. The summed E-state index contributed by atoms with van der Waals surface area (Å²) >= 11 is 0. The largest absolute Gasteiger partial charge is 0.338 e. The number of amides is 1. The van der Waals surface area contributed by atoms with Gasteiger partial charge in [0.25, 0.3) is 17.0 Å². The molecule has 27 heavy (non-hydrogen) atoms. The first-order valence-electron chi connectivity index (χ1n) is 8.86. The van der Waals surface area contributed by atoms with E-state index >= 15 is 0 Å². The number of carbonyl (C=O) groups excluding carboxylic acids is 1. The van der Waals surface area contributed by atoms with Crippen molar-refractivity contribution in [1.29, 1.82) is 0 Å². The summed E-state index contributed by atoms with van der Waals surface area (Å²) in [6.07, 6.45) is 4.57. The molecule has 8 nitrogen and oxygen atoms in total. The van der Waals surface area contributed by atoms with Crippen molar-refractivity contribution in [2.24, 2.45) is 0 Å². The summed E-state index contributed by atoms with van der Waals surface area (Å²) in [7, 11) is 0. The topological polar surface area (TPSA) is 100 Å². The van der Waals surface area contributed by atoms with Crippen LogP contribution in [0.2, 0.25) is 0 Å². The number of likely N-dealkylation sites (tertiary alicyclic amines) is 1. The third-order valence-electron chi connectivity index (χ3n) is 4.85. The first kappa shape index (κ1) is 17.1. The number of pyridine rings is 1. The molecule has 0 aliphatic carbocycles. The molecule has 1 aliphatic rings. The molecule has 0 spiro atoms. The average Bonchev–Trinajstić information content (AvgIpc) is 2.67. The van der Waals surface area contributed by atoms with Gasteiger partial charge in [-0.2, -0.15) is 0 Å². The van der Waals surface area contributed by atoms with Crippen LogP contribution in [0.4, 0.5) is 0 Å². The summed E-state index contributed by atoms with van der Waals surface area (Å²) in [4.78, 5) is 50.3. The molecule has 4 rings (SSSR count). The molecule has 1 fully saturated rings. The fraction of sp³-hybridized carbons (Fsp3) is 0.316. The Hall–Kier alpha value is -3.29. The maximum Gasteiger partial charge on any atom is 0.270 e. The van der Waals surface area contributed by atoms with E-state index in [0.29, 0.717) is 30.3 Å². The third-order valence-corrected chi connectivity index (χ3v) is 4.85. The van der Waals surface area contributed by atoms with Gasteiger partial charge in [0.15, 0.2) is 0 Å². The fourth-order valence-corrected chi connectivity index (χ4v) is 3.56. The Balaban J connectivity index is 1.63. The zero-order valence-corrected chi connectivity index (χ0v) is 14.9. The van der Waals surface area contributed by atoms with Gasteiger partial charge in [0.2, 0.25) is 0 Å². The number of nitrogens with one attached hydrogen (secondary N) is 1. The minimum absolute atomic E-state index is 0.0279. The maximum atomic E-state index is 13.0. The quantitative estimate of drug-likeness (QED) is 0.733. The second kappa shape index (κ2) is 6.79. The highest BCUT2D eigenvalue weighted by Crippen LogP contribution is 2.25. The lowest BCUT2D eigenvalue weighted by molar-refractivity contribution is 0.0703. The summed E-state index contributed by atoms with van der Waals surface area (Å²) in [5, 5.41) is 0. The standard InChI is InChI=1S/C19H19N5O3/c1-12-21-15(9-17(25)22-12)13-5-4-7-23(11-13)18(26)14-10-20-16-6-2-3-8-24(16)19(14)27/h2-3,6,8-10,13H,4-5,7,11H2,1H3,(H,21,22,25)/t13-/m1/s1. The Morgan fingerprint density at radius 3 is 2.96 bits per heavy atom.